The van der Waals surface area contributed by atoms with Gasteiger partial charge in [0.2, 0.25) is 5.13 Å². The molecule has 0 aromatic carbocycles. The van der Waals surface area contributed by atoms with Crippen molar-refractivity contribution in [2.45, 2.75) is 30.6 Å². The molecule has 0 bridgehead atoms. The minimum atomic E-state index is 0.571. The van der Waals surface area contributed by atoms with Gasteiger partial charge >= 0.3 is 0 Å². The Morgan fingerprint density at radius 1 is 1.38 bits per heavy atom. The maximum Gasteiger partial charge on any atom is 0.208 e. The molecule has 1 heterocycles. The Morgan fingerprint density at radius 2 is 2.12 bits per heavy atom. The molecule has 1 unspecified atom stereocenters. The van der Waals surface area contributed by atoms with E-state index in [0.29, 0.717) is 6.04 Å². The van der Waals surface area contributed by atoms with Gasteiger partial charge in [-0.05, 0) is 13.0 Å². The number of hydrogen-bond acceptors (Lipinski definition) is 6. The second kappa shape index (κ2) is 7.09. The van der Waals surface area contributed by atoms with E-state index in [1.54, 1.807) is 23.1 Å². The molecule has 1 N–H and O–H groups in total. The van der Waals surface area contributed by atoms with Gasteiger partial charge in [-0.15, -0.1) is 10.2 Å². The quantitative estimate of drug-likeness (QED) is 0.760. The number of nitrogens with zero attached hydrogens (tertiary/aromatic N) is 3. The van der Waals surface area contributed by atoms with Gasteiger partial charge in [-0.2, -0.15) is 0 Å². The monoisotopic (exact) mass is 260 g/mol. The molecule has 4 nitrogen and oxygen atoms in total. The summed E-state index contributed by atoms with van der Waals surface area (Å²) in [5.41, 5.74) is 0. The normalized spacial score (nSPS) is 12.8. The van der Waals surface area contributed by atoms with Crippen molar-refractivity contribution in [2.24, 2.45) is 0 Å². The van der Waals surface area contributed by atoms with Crippen LogP contribution < -0.4 is 10.2 Å². The third-order valence-corrected chi connectivity index (χ3v) is 4.56. The van der Waals surface area contributed by atoms with Gasteiger partial charge in [-0.25, -0.2) is 0 Å². The van der Waals surface area contributed by atoms with Crippen molar-refractivity contribution in [3.05, 3.63) is 0 Å². The molecule has 92 valence electrons. The van der Waals surface area contributed by atoms with E-state index >= 15 is 0 Å². The van der Waals surface area contributed by atoms with Gasteiger partial charge < -0.3 is 10.2 Å². The van der Waals surface area contributed by atoms with Crippen molar-refractivity contribution < 1.29 is 0 Å². The number of rotatable bonds is 7. The van der Waals surface area contributed by atoms with Gasteiger partial charge in [0.1, 0.15) is 0 Å². The molecule has 0 aliphatic rings. The fourth-order valence-corrected chi connectivity index (χ4v) is 3.18. The Morgan fingerprint density at radius 3 is 2.62 bits per heavy atom. The Bertz CT molecular complexity index is 301. The molecule has 1 atom stereocenters. The highest BCUT2D eigenvalue weighted by atomic mass is 32.2. The fraction of sp³-hybridized carbons (Fsp3) is 0.800. The molecule has 0 aliphatic heterocycles. The fourth-order valence-electron chi connectivity index (χ4n) is 1.22. The van der Waals surface area contributed by atoms with E-state index in [2.05, 4.69) is 29.4 Å². The Kier molecular flexibility index (Phi) is 6.08. The summed E-state index contributed by atoms with van der Waals surface area (Å²) in [6.45, 7) is 5.37. The van der Waals surface area contributed by atoms with Crippen molar-refractivity contribution in [3.63, 3.8) is 0 Å². The third kappa shape index (κ3) is 4.27. The van der Waals surface area contributed by atoms with Crippen LogP contribution in [0.4, 0.5) is 5.13 Å². The highest BCUT2D eigenvalue weighted by Gasteiger charge is 2.09. The standard InChI is InChI=1S/C10H20N4S2/c1-5-8(11-6-2)7-15-10-13-12-9(16-10)14(3)4/h8,11H,5-7H2,1-4H3. The van der Waals surface area contributed by atoms with Crippen molar-refractivity contribution in [2.75, 3.05) is 31.3 Å². The van der Waals surface area contributed by atoms with Crippen molar-refractivity contribution in [3.8, 4) is 0 Å². The molecular formula is C10H20N4S2. The molecule has 16 heavy (non-hydrogen) atoms. The van der Waals surface area contributed by atoms with Gasteiger partial charge in [0.25, 0.3) is 0 Å². The molecule has 0 fully saturated rings. The van der Waals surface area contributed by atoms with E-state index in [1.807, 2.05) is 19.0 Å². The number of nitrogens with one attached hydrogen (secondary N) is 1. The van der Waals surface area contributed by atoms with Crippen LogP contribution in [0.15, 0.2) is 4.34 Å². The molecule has 6 heteroatoms. The molecular weight excluding hydrogens is 240 g/mol. The van der Waals surface area contributed by atoms with Crippen LogP contribution in [-0.4, -0.2) is 42.6 Å². The van der Waals surface area contributed by atoms with E-state index in [-0.39, 0.29) is 0 Å². The first-order valence-electron chi connectivity index (χ1n) is 5.54. The molecule has 0 spiro atoms. The Hall–Kier alpha value is -0.330. The summed E-state index contributed by atoms with van der Waals surface area (Å²) in [4.78, 5) is 1.99. The van der Waals surface area contributed by atoms with Gasteiger partial charge in [0, 0.05) is 25.9 Å². The topological polar surface area (TPSA) is 41.1 Å². The zero-order chi connectivity index (χ0) is 12.0. The molecule has 0 amide bonds. The minimum absolute atomic E-state index is 0.571. The average molecular weight is 260 g/mol. The first kappa shape index (κ1) is 13.7. The predicted molar refractivity (Wildman–Crippen MR) is 72.7 cm³/mol. The number of aromatic nitrogens is 2. The second-order valence-corrected chi connectivity index (χ2v) is 5.94. The highest BCUT2D eigenvalue weighted by Crippen LogP contribution is 2.27. The largest absolute Gasteiger partial charge is 0.353 e. The number of hydrogen-bond donors (Lipinski definition) is 1. The van der Waals surface area contributed by atoms with Gasteiger partial charge in [-0.3, -0.25) is 0 Å². The predicted octanol–water partition coefficient (Wildman–Crippen LogP) is 2.08. The summed E-state index contributed by atoms with van der Waals surface area (Å²) in [6, 6.07) is 0.571. The van der Waals surface area contributed by atoms with E-state index in [9.17, 15) is 0 Å². The second-order valence-electron chi connectivity index (χ2n) is 3.72. The van der Waals surface area contributed by atoms with Crippen LogP contribution >= 0.6 is 23.1 Å². The molecule has 0 saturated heterocycles. The maximum atomic E-state index is 4.17. The van der Waals surface area contributed by atoms with E-state index in [0.717, 1.165) is 28.2 Å². The van der Waals surface area contributed by atoms with Crippen LogP contribution in [0, 0.1) is 0 Å². The van der Waals surface area contributed by atoms with Crippen molar-refractivity contribution in [1.29, 1.82) is 0 Å². The average Bonchev–Trinajstić information content (AvgIpc) is 2.73. The SMILES string of the molecule is CCNC(CC)CSc1nnc(N(C)C)s1. The third-order valence-electron chi connectivity index (χ3n) is 2.17. The zero-order valence-electron chi connectivity index (χ0n) is 10.4. The molecule has 1 rings (SSSR count). The lowest BCUT2D eigenvalue weighted by Crippen LogP contribution is -2.30. The first-order chi connectivity index (χ1) is 7.67. The summed E-state index contributed by atoms with van der Waals surface area (Å²) < 4.78 is 1.06. The van der Waals surface area contributed by atoms with Crippen LogP contribution in [0.1, 0.15) is 20.3 Å². The van der Waals surface area contributed by atoms with E-state index in [4.69, 9.17) is 0 Å². The summed E-state index contributed by atoms with van der Waals surface area (Å²) >= 11 is 3.44. The van der Waals surface area contributed by atoms with Gasteiger partial charge in [0.05, 0.1) is 0 Å². The lowest BCUT2D eigenvalue weighted by atomic mass is 10.2. The van der Waals surface area contributed by atoms with E-state index < -0.39 is 0 Å². The summed E-state index contributed by atoms with van der Waals surface area (Å²) in [5, 5.41) is 12.7. The van der Waals surface area contributed by atoms with Crippen LogP contribution in [0.25, 0.3) is 0 Å². The molecule has 0 radical (unpaired) electrons. The van der Waals surface area contributed by atoms with Gasteiger partial charge in [0.15, 0.2) is 4.34 Å². The lowest BCUT2D eigenvalue weighted by molar-refractivity contribution is 0.560. The smallest absolute Gasteiger partial charge is 0.208 e. The molecule has 0 aliphatic carbocycles. The minimum Gasteiger partial charge on any atom is -0.353 e. The summed E-state index contributed by atoms with van der Waals surface area (Å²) in [6.07, 6.45) is 1.15. The highest BCUT2D eigenvalue weighted by molar-refractivity contribution is 8.01. The van der Waals surface area contributed by atoms with Crippen LogP contribution in [0.3, 0.4) is 0 Å². The zero-order valence-corrected chi connectivity index (χ0v) is 12.0. The van der Waals surface area contributed by atoms with Crippen LogP contribution in [-0.2, 0) is 0 Å². The number of thioether (sulfide) groups is 1. The maximum absolute atomic E-state index is 4.17. The van der Waals surface area contributed by atoms with E-state index in [1.165, 1.54) is 0 Å². The summed E-state index contributed by atoms with van der Waals surface area (Å²) in [7, 11) is 3.98. The first-order valence-corrected chi connectivity index (χ1v) is 7.34. The summed E-state index contributed by atoms with van der Waals surface area (Å²) in [5.74, 6) is 1.06. The Balaban J connectivity index is 2.41. The number of anilines is 1. The molecule has 1 aromatic rings. The molecule has 0 saturated carbocycles. The van der Waals surface area contributed by atoms with Crippen LogP contribution in [0.2, 0.25) is 0 Å². The van der Waals surface area contributed by atoms with Crippen molar-refractivity contribution >= 4 is 28.2 Å². The Labute approximate surface area is 106 Å². The van der Waals surface area contributed by atoms with Gasteiger partial charge in [-0.1, -0.05) is 36.9 Å². The van der Waals surface area contributed by atoms with Crippen molar-refractivity contribution in [1.82, 2.24) is 15.5 Å². The lowest BCUT2D eigenvalue weighted by Gasteiger charge is -2.13. The molecule has 1 aromatic heterocycles. The van der Waals surface area contributed by atoms with Crippen LogP contribution in [0.5, 0.6) is 0 Å².